The summed E-state index contributed by atoms with van der Waals surface area (Å²) in [7, 11) is 0. The maximum Gasteiger partial charge on any atom is 0.136 e. The van der Waals surface area contributed by atoms with Gasteiger partial charge in [-0.15, -0.1) is 0 Å². The van der Waals surface area contributed by atoms with Crippen LogP contribution in [0.1, 0.15) is 30.1 Å². The highest BCUT2D eigenvalue weighted by Crippen LogP contribution is 2.29. The zero-order chi connectivity index (χ0) is 14.9. The minimum absolute atomic E-state index is 0.502. The quantitative estimate of drug-likeness (QED) is 0.729. The first-order valence-electron chi connectivity index (χ1n) is 7.77. The number of aryl methyl sites for hydroxylation is 1. The van der Waals surface area contributed by atoms with Gasteiger partial charge in [-0.05, 0) is 31.9 Å². The van der Waals surface area contributed by atoms with Crippen LogP contribution in [0.15, 0.2) is 43.0 Å². The molecule has 3 aromatic rings. The summed E-state index contributed by atoms with van der Waals surface area (Å²) in [6.07, 6.45) is 7.97. The predicted molar refractivity (Wildman–Crippen MR) is 86.1 cm³/mol. The minimum atomic E-state index is 0.502. The lowest BCUT2D eigenvalue weighted by molar-refractivity contribution is 0.495. The summed E-state index contributed by atoms with van der Waals surface area (Å²) in [6.45, 7) is 4.07. The molecular weight excluding hydrogens is 274 g/mol. The molecule has 1 atom stereocenters. The molecule has 4 rings (SSSR count). The molecule has 0 bridgehead atoms. The Balaban J connectivity index is 1.65. The molecule has 1 fully saturated rings. The molecule has 0 spiro atoms. The monoisotopic (exact) mass is 293 g/mol. The molecular formula is C17H19N5. The van der Waals surface area contributed by atoms with Gasteiger partial charge in [0.05, 0.1) is 0 Å². The van der Waals surface area contributed by atoms with Gasteiger partial charge >= 0.3 is 0 Å². The van der Waals surface area contributed by atoms with E-state index in [0.29, 0.717) is 5.92 Å². The van der Waals surface area contributed by atoms with E-state index < -0.39 is 0 Å². The first kappa shape index (κ1) is 13.2. The topological polar surface area (TPSA) is 46.3 Å². The second kappa shape index (κ2) is 5.40. The van der Waals surface area contributed by atoms with Crippen LogP contribution >= 0.6 is 0 Å². The van der Waals surface area contributed by atoms with Crippen molar-refractivity contribution in [3.05, 3.63) is 54.4 Å². The third-order valence-electron chi connectivity index (χ3n) is 4.41. The van der Waals surface area contributed by atoms with E-state index in [9.17, 15) is 0 Å². The van der Waals surface area contributed by atoms with E-state index in [1.807, 2.05) is 13.1 Å². The van der Waals surface area contributed by atoms with Crippen LogP contribution in [0, 0.1) is 6.92 Å². The molecule has 1 saturated heterocycles. The van der Waals surface area contributed by atoms with Gasteiger partial charge in [0.2, 0.25) is 0 Å². The van der Waals surface area contributed by atoms with Crippen molar-refractivity contribution >= 4 is 11.5 Å². The van der Waals surface area contributed by atoms with E-state index in [2.05, 4.69) is 54.7 Å². The number of nitrogens with zero attached hydrogens (tertiary/aromatic N) is 5. The highest BCUT2D eigenvalue weighted by atomic mass is 15.2. The molecule has 0 amide bonds. The summed E-state index contributed by atoms with van der Waals surface area (Å²) in [5, 5.41) is 0. The number of aromatic nitrogens is 4. The number of hydrogen-bond donors (Lipinski definition) is 0. The summed E-state index contributed by atoms with van der Waals surface area (Å²) in [5.74, 6) is 1.54. The van der Waals surface area contributed by atoms with Crippen molar-refractivity contribution in [3.63, 3.8) is 0 Å². The summed E-state index contributed by atoms with van der Waals surface area (Å²) in [6, 6.07) is 8.44. The lowest BCUT2D eigenvalue weighted by atomic mass is 9.94. The van der Waals surface area contributed by atoms with E-state index >= 15 is 0 Å². The minimum Gasteiger partial charge on any atom is -0.356 e. The lowest BCUT2D eigenvalue weighted by Crippen LogP contribution is -2.35. The molecule has 1 aliphatic heterocycles. The molecule has 112 valence electrons. The van der Waals surface area contributed by atoms with Crippen molar-refractivity contribution in [2.75, 3.05) is 18.0 Å². The Hall–Kier alpha value is -2.43. The van der Waals surface area contributed by atoms with Gasteiger partial charge in [-0.1, -0.05) is 6.07 Å². The number of hydrogen-bond acceptors (Lipinski definition) is 4. The van der Waals surface area contributed by atoms with Gasteiger partial charge in [0, 0.05) is 48.9 Å². The number of pyridine rings is 1. The highest BCUT2D eigenvalue weighted by molar-refractivity contribution is 5.43. The Morgan fingerprint density at radius 2 is 2.14 bits per heavy atom. The first-order chi connectivity index (χ1) is 10.8. The molecule has 0 radical (unpaired) electrons. The highest BCUT2D eigenvalue weighted by Gasteiger charge is 2.24. The van der Waals surface area contributed by atoms with Crippen LogP contribution in [0.25, 0.3) is 5.65 Å². The van der Waals surface area contributed by atoms with Crippen LogP contribution in [0.3, 0.4) is 0 Å². The van der Waals surface area contributed by atoms with Crippen molar-refractivity contribution in [1.82, 2.24) is 19.4 Å². The molecule has 0 aromatic carbocycles. The zero-order valence-corrected chi connectivity index (χ0v) is 12.7. The van der Waals surface area contributed by atoms with Gasteiger partial charge in [0.25, 0.3) is 0 Å². The van der Waals surface area contributed by atoms with Crippen molar-refractivity contribution in [2.45, 2.75) is 25.7 Å². The molecule has 4 heterocycles. The second-order valence-electron chi connectivity index (χ2n) is 5.91. The lowest BCUT2D eigenvalue weighted by Gasteiger charge is -2.34. The molecule has 1 aliphatic rings. The maximum atomic E-state index is 4.44. The van der Waals surface area contributed by atoms with Gasteiger partial charge < -0.3 is 9.30 Å². The maximum absolute atomic E-state index is 4.44. The molecule has 3 aromatic heterocycles. The summed E-state index contributed by atoms with van der Waals surface area (Å²) in [4.78, 5) is 15.4. The van der Waals surface area contributed by atoms with Crippen molar-refractivity contribution in [3.8, 4) is 0 Å². The molecule has 0 aliphatic carbocycles. The standard InChI is InChI=1S/C17H19N5/c1-13-10-17(20-12-19-13)21-8-3-4-14(11-21)15-5-2-6-16-18-7-9-22(15)16/h2,5-7,9-10,12,14H,3-4,8,11H2,1H3/t14-/m1/s1. The van der Waals surface area contributed by atoms with Gasteiger partial charge in [-0.25, -0.2) is 15.0 Å². The normalized spacial score (nSPS) is 18.8. The molecule has 22 heavy (non-hydrogen) atoms. The molecule has 0 N–H and O–H groups in total. The second-order valence-corrected chi connectivity index (χ2v) is 5.91. The third kappa shape index (κ3) is 2.32. The van der Waals surface area contributed by atoms with Crippen molar-refractivity contribution in [2.24, 2.45) is 0 Å². The third-order valence-corrected chi connectivity index (χ3v) is 4.41. The Labute approximate surface area is 129 Å². The van der Waals surface area contributed by atoms with Crippen LogP contribution in [-0.4, -0.2) is 32.4 Å². The average Bonchev–Trinajstić information content (AvgIpc) is 3.03. The van der Waals surface area contributed by atoms with Crippen LogP contribution in [0.5, 0.6) is 0 Å². The van der Waals surface area contributed by atoms with E-state index in [4.69, 9.17) is 0 Å². The fraction of sp³-hybridized carbons (Fsp3) is 0.353. The zero-order valence-electron chi connectivity index (χ0n) is 12.7. The largest absolute Gasteiger partial charge is 0.356 e. The number of piperidine rings is 1. The number of fused-ring (bicyclic) bond motifs is 1. The van der Waals surface area contributed by atoms with E-state index in [0.717, 1.165) is 30.2 Å². The van der Waals surface area contributed by atoms with Gasteiger partial charge in [0.15, 0.2) is 0 Å². The van der Waals surface area contributed by atoms with Gasteiger partial charge in [-0.2, -0.15) is 0 Å². The molecule has 5 nitrogen and oxygen atoms in total. The first-order valence-corrected chi connectivity index (χ1v) is 7.77. The van der Waals surface area contributed by atoms with Gasteiger partial charge in [-0.3, -0.25) is 0 Å². The van der Waals surface area contributed by atoms with Crippen LogP contribution in [0.2, 0.25) is 0 Å². The van der Waals surface area contributed by atoms with Crippen LogP contribution in [-0.2, 0) is 0 Å². The molecule has 0 saturated carbocycles. The Morgan fingerprint density at radius 3 is 3.05 bits per heavy atom. The van der Waals surface area contributed by atoms with E-state index in [1.54, 1.807) is 6.33 Å². The number of imidazole rings is 1. The fourth-order valence-corrected chi connectivity index (χ4v) is 3.34. The van der Waals surface area contributed by atoms with Crippen molar-refractivity contribution < 1.29 is 0 Å². The predicted octanol–water partition coefficient (Wildman–Crippen LogP) is 2.82. The van der Waals surface area contributed by atoms with Gasteiger partial charge in [0.1, 0.15) is 17.8 Å². The van der Waals surface area contributed by atoms with Crippen LogP contribution < -0.4 is 4.90 Å². The fourth-order valence-electron chi connectivity index (χ4n) is 3.34. The summed E-state index contributed by atoms with van der Waals surface area (Å²) >= 11 is 0. The SMILES string of the molecule is Cc1cc(N2CCC[C@@H](c3cccc4nccn34)C2)ncn1. The summed E-state index contributed by atoms with van der Waals surface area (Å²) in [5.41, 5.74) is 3.38. The van der Waals surface area contributed by atoms with Crippen LogP contribution in [0.4, 0.5) is 5.82 Å². The van der Waals surface area contributed by atoms with E-state index in [-0.39, 0.29) is 0 Å². The smallest absolute Gasteiger partial charge is 0.136 e. The number of anilines is 1. The summed E-state index contributed by atoms with van der Waals surface area (Å²) < 4.78 is 2.21. The Morgan fingerprint density at radius 1 is 1.18 bits per heavy atom. The molecule has 5 heteroatoms. The Kier molecular flexibility index (Phi) is 3.25. The van der Waals surface area contributed by atoms with Crippen molar-refractivity contribution in [1.29, 1.82) is 0 Å². The molecule has 0 unspecified atom stereocenters. The Bertz CT molecular complexity index is 794. The number of rotatable bonds is 2. The average molecular weight is 293 g/mol. The van der Waals surface area contributed by atoms with E-state index in [1.165, 1.54) is 18.5 Å².